The molecule has 100 valence electrons. The summed E-state index contributed by atoms with van der Waals surface area (Å²) in [5, 5.41) is 2.71. The first-order valence-electron chi connectivity index (χ1n) is 5.73. The number of aryl methyl sites for hydroxylation is 1. The highest BCUT2D eigenvalue weighted by atomic mass is 16.5. The number of rotatable bonds is 4. The third kappa shape index (κ3) is 3.04. The van der Waals surface area contributed by atoms with Crippen molar-refractivity contribution in [2.45, 2.75) is 13.5 Å². The van der Waals surface area contributed by atoms with Gasteiger partial charge in [-0.3, -0.25) is 4.79 Å². The summed E-state index contributed by atoms with van der Waals surface area (Å²) in [6.07, 6.45) is 1.60. The van der Waals surface area contributed by atoms with Crippen molar-refractivity contribution in [1.29, 1.82) is 0 Å². The first kappa shape index (κ1) is 12.9. The Morgan fingerprint density at radius 3 is 2.95 bits per heavy atom. The summed E-state index contributed by atoms with van der Waals surface area (Å²) < 4.78 is 10.4. The Balaban J connectivity index is 2.07. The van der Waals surface area contributed by atoms with Crippen LogP contribution in [0.1, 0.15) is 22.0 Å². The number of hydrogen-bond acceptors (Lipinski definition) is 5. The third-order valence-electron chi connectivity index (χ3n) is 2.54. The van der Waals surface area contributed by atoms with Gasteiger partial charge < -0.3 is 20.2 Å². The molecule has 1 amide bonds. The lowest BCUT2D eigenvalue weighted by Crippen LogP contribution is -2.23. The van der Waals surface area contributed by atoms with Crippen LogP contribution >= 0.6 is 0 Å². The molecule has 19 heavy (non-hydrogen) atoms. The van der Waals surface area contributed by atoms with E-state index in [0.29, 0.717) is 28.7 Å². The number of nitrogen functional groups attached to an aromatic ring is 1. The molecule has 1 aromatic heterocycles. The summed E-state index contributed by atoms with van der Waals surface area (Å²) in [7, 11) is 1.49. The molecule has 0 unspecified atom stereocenters. The van der Waals surface area contributed by atoms with Gasteiger partial charge in [0.1, 0.15) is 11.5 Å². The smallest absolute Gasteiger partial charge is 0.255 e. The zero-order chi connectivity index (χ0) is 13.8. The van der Waals surface area contributed by atoms with Crippen molar-refractivity contribution in [2.75, 3.05) is 12.8 Å². The van der Waals surface area contributed by atoms with E-state index in [9.17, 15) is 4.79 Å². The number of oxazole rings is 1. The monoisotopic (exact) mass is 261 g/mol. The van der Waals surface area contributed by atoms with Crippen molar-refractivity contribution < 1.29 is 13.9 Å². The van der Waals surface area contributed by atoms with E-state index in [0.717, 1.165) is 0 Å². The molecule has 0 saturated carbocycles. The predicted molar refractivity (Wildman–Crippen MR) is 69.8 cm³/mol. The van der Waals surface area contributed by atoms with Crippen LogP contribution in [-0.2, 0) is 6.54 Å². The molecular weight excluding hydrogens is 246 g/mol. The molecule has 2 aromatic rings. The Morgan fingerprint density at radius 1 is 1.53 bits per heavy atom. The Labute approximate surface area is 110 Å². The van der Waals surface area contributed by atoms with Crippen molar-refractivity contribution in [3.63, 3.8) is 0 Å². The minimum absolute atomic E-state index is 0.222. The molecule has 0 saturated heterocycles. The van der Waals surface area contributed by atoms with Gasteiger partial charge in [0.05, 0.1) is 25.4 Å². The second-order valence-electron chi connectivity index (χ2n) is 4.01. The van der Waals surface area contributed by atoms with Crippen LogP contribution < -0.4 is 15.8 Å². The van der Waals surface area contributed by atoms with Gasteiger partial charge in [-0.25, -0.2) is 4.98 Å². The van der Waals surface area contributed by atoms with Crippen molar-refractivity contribution in [2.24, 2.45) is 0 Å². The van der Waals surface area contributed by atoms with Gasteiger partial charge in [0.25, 0.3) is 5.91 Å². The van der Waals surface area contributed by atoms with E-state index in [1.807, 2.05) is 0 Å². The fourth-order valence-electron chi connectivity index (χ4n) is 1.63. The van der Waals surface area contributed by atoms with Crippen LogP contribution in [0.5, 0.6) is 5.75 Å². The number of amides is 1. The van der Waals surface area contributed by atoms with E-state index in [4.69, 9.17) is 14.9 Å². The normalized spacial score (nSPS) is 10.2. The van der Waals surface area contributed by atoms with Crippen LogP contribution in [0.3, 0.4) is 0 Å². The maximum atomic E-state index is 12.0. The van der Waals surface area contributed by atoms with Crippen LogP contribution in [-0.4, -0.2) is 18.0 Å². The summed E-state index contributed by atoms with van der Waals surface area (Å²) >= 11 is 0. The molecule has 0 aliphatic carbocycles. The van der Waals surface area contributed by atoms with Crippen LogP contribution in [0.4, 0.5) is 5.69 Å². The van der Waals surface area contributed by atoms with Crippen LogP contribution in [0.25, 0.3) is 0 Å². The molecule has 1 heterocycles. The van der Waals surface area contributed by atoms with Gasteiger partial charge in [0.2, 0.25) is 5.89 Å². The molecule has 2 rings (SSSR count). The van der Waals surface area contributed by atoms with Gasteiger partial charge >= 0.3 is 0 Å². The minimum Gasteiger partial charge on any atom is -0.496 e. The molecule has 0 radical (unpaired) electrons. The Hall–Kier alpha value is -2.50. The van der Waals surface area contributed by atoms with Gasteiger partial charge in [0, 0.05) is 11.8 Å². The number of nitrogens with one attached hydrogen (secondary N) is 1. The molecule has 3 N–H and O–H groups in total. The van der Waals surface area contributed by atoms with Crippen LogP contribution in [0, 0.1) is 6.92 Å². The minimum atomic E-state index is -0.271. The zero-order valence-corrected chi connectivity index (χ0v) is 10.8. The molecule has 0 atom stereocenters. The highest BCUT2D eigenvalue weighted by Gasteiger charge is 2.13. The van der Waals surface area contributed by atoms with Gasteiger partial charge in [-0.1, -0.05) is 0 Å². The number of hydrogen-bond donors (Lipinski definition) is 2. The van der Waals surface area contributed by atoms with Gasteiger partial charge in [-0.15, -0.1) is 0 Å². The lowest BCUT2D eigenvalue weighted by atomic mass is 10.1. The Kier molecular flexibility index (Phi) is 3.70. The van der Waals surface area contributed by atoms with Gasteiger partial charge in [-0.05, 0) is 19.1 Å². The molecule has 6 nitrogen and oxygen atoms in total. The predicted octanol–water partition coefficient (Wildman–Crippen LogP) is 1.50. The number of carbonyl (C=O) groups is 1. The van der Waals surface area contributed by atoms with E-state index < -0.39 is 0 Å². The summed E-state index contributed by atoms with van der Waals surface area (Å²) in [6, 6.07) is 4.86. The number of aromatic nitrogens is 1. The van der Waals surface area contributed by atoms with Crippen molar-refractivity contribution in [3.8, 4) is 5.75 Å². The van der Waals surface area contributed by atoms with E-state index in [1.54, 1.807) is 31.3 Å². The molecule has 0 aliphatic rings. The molecule has 0 spiro atoms. The molecule has 1 aromatic carbocycles. The van der Waals surface area contributed by atoms with E-state index >= 15 is 0 Å². The molecule has 0 bridgehead atoms. The number of carbonyl (C=O) groups excluding carboxylic acids is 1. The largest absolute Gasteiger partial charge is 0.496 e. The fraction of sp³-hybridized carbons (Fsp3) is 0.231. The Morgan fingerprint density at radius 2 is 2.32 bits per heavy atom. The summed E-state index contributed by atoms with van der Waals surface area (Å²) in [5.41, 5.74) is 6.59. The topological polar surface area (TPSA) is 90.4 Å². The number of benzene rings is 1. The fourth-order valence-corrected chi connectivity index (χ4v) is 1.63. The second-order valence-corrected chi connectivity index (χ2v) is 4.01. The molecular formula is C13H15N3O3. The van der Waals surface area contributed by atoms with Crippen molar-refractivity contribution in [3.05, 3.63) is 41.6 Å². The van der Waals surface area contributed by atoms with E-state index in [1.165, 1.54) is 7.11 Å². The number of anilines is 1. The lowest BCUT2D eigenvalue weighted by Gasteiger charge is -2.09. The summed E-state index contributed by atoms with van der Waals surface area (Å²) in [4.78, 5) is 16.0. The van der Waals surface area contributed by atoms with Crippen molar-refractivity contribution in [1.82, 2.24) is 10.3 Å². The van der Waals surface area contributed by atoms with Gasteiger partial charge in [0.15, 0.2) is 0 Å². The van der Waals surface area contributed by atoms with E-state index in [-0.39, 0.29) is 12.5 Å². The molecule has 6 heteroatoms. The maximum absolute atomic E-state index is 12.0. The zero-order valence-electron chi connectivity index (χ0n) is 10.8. The maximum Gasteiger partial charge on any atom is 0.255 e. The quantitative estimate of drug-likeness (QED) is 0.814. The number of nitrogens with zero attached hydrogens (tertiary/aromatic N) is 1. The first-order chi connectivity index (χ1) is 9.10. The number of nitrogens with two attached hydrogens (primary N) is 1. The van der Waals surface area contributed by atoms with E-state index in [2.05, 4.69) is 10.3 Å². The highest BCUT2D eigenvalue weighted by Crippen LogP contribution is 2.21. The first-order valence-corrected chi connectivity index (χ1v) is 5.73. The molecule has 0 aliphatic heterocycles. The summed E-state index contributed by atoms with van der Waals surface area (Å²) in [6.45, 7) is 2.02. The van der Waals surface area contributed by atoms with Gasteiger partial charge in [-0.2, -0.15) is 0 Å². The average Bonchev–Trinajstić information content (AvgIpc) is 2.81. The lowest BCUT2D eigenvalue weighted by molar-refractivity contribution is 0.0944. The second kappa shape index (κ2) is 5.43. The SMILES string of the molecule is COc1cc(N)ccc1C(=O)NCc1ncc(C)o1. The standard InChI is InChI=1S/C13H15N3O3/c1-8-6-15-12(19-8)7-16-13(17)10-4-3-9(14)5-11(10)18-2/h3-6H,7,14H2,1-2H3,(H,16,17). The summed E-state index contributed by atoms with van der Waals surface area (Å²) in [5.74, 6) is 1.32. The number of ether oxygens (including phenoxy) is 1. The Bertz CT molecular complexity index is 593. The number of methoxy groups -OCH3 is 1. The average molecular weight is 261 g/mol. The highest BCUT2D eigenvalue weighted by molar-refractivity contribution is 5.97. The van der Waals surface area contributed by atoms with Crippen molar-refractivity contribution >= 4 is 11.6 Å². The van der Waals surface area contributed by atoms with Crippen LogP contribution in [0.15, 0.2) is 28.8 Å². The van der Waals surface area contributed by atoms with Crippen LogP contribution in [0.2, 0.25) is 0 Å². The third-order valence-corrected chi connectivity index (χ3v) is 2.54. The molecule has 0 fully saturated rings.